The molecule has 1 amide bonds. The molecule has 0 aliphatic rings. The standard InChI is InChI=1S/C21H21N3O5/c1-13-7-8-14(12-21(2,3)23-20(25)26)11-18(13)29-17-9-10-22-19-15(17)5-4-6-16(19)24(27)28/h4-11,23H,12H2,1-3H3,(H,25,26). The molecule has 0 bridgehead atoms. The van der Waals surface area contributed by atoms with Crippen molar-refractivity contribution in [2.24, 2.45) is 0 Å². The number of nitro groups is 1. The first-order chi connectivity index (χ1) is 13.7. The SMILES string of the molecule is Cc1ccc(CC(C)(C)NC(=O)O)cc1Oc1ccnc2c([N+](=O)[O-])cccc12. The lowest BCUT2D eigenvalue weighted by Crippen LogP contribution is -2.44. The number of non-ortho nitro benzene ring substituents is 1. The van der Waals surface area contributed by atoms with Gasteiger partial charge in [-0.1, -0.05) is 18.2 Å². The first-order valence-electron chi connectivity index (χ1n) is 8.97. The van der Waals surface area contributed by atoms with Crippen LogP contribution in [0, 0.1) is 17.0 Å². The zero-order chi connectivity index (χ0) is 21.2. The van der Waals surface area contributed by atoms with Crippen LogP contribution in [0.2, 0.25) is 0 Å². The topological polar surface area (TPSA) is 115 Å². The highest BCUT2D eigenvalue weighted by molar-refractivity contribution is 5.91. The van der Waals surface area contributed by atoms with Crippen molar-refractivity contribution in [2.45, 2.75) is 32.7 Å². The summed E-state index contributed by atoms with van der Waals surface area (Å²) in [6.45, 7) is 5.50. The van der Waals surface area contributed by atoms with Gasteiger partial charge in [0.2, 0.25) is 0 Å². The van der Waals surface area contributed by atoms with E-state index in [1.54, 1.807) is 32.0 Å². The summed E-state index contributed by atoms with van der Waals surface area (Å²) in [6.07, 6.45) is 0.867. The third-order valence-corrected chi connectivity index (χ3v) is 4.47. The Hall–Kier alpha value is -3.68. The number of fused-ring (bicyclic) bond motifs is 1. The summed E-state index contributed by atoms with van der Waals surface area (Å²) < 4.78 is 6.09. The van der Waals surface area contributed by atoms with Crippen molar-refractivity contribution >= 4 is 22.7 Å². The lowest BCUT2D eigenvalue weighted by molar-refractivity contribution is -0.383. The van der Waals surface area contributed by atoms with E-state index in [0.29, 0.717) is 23.3 Å². The number of benzene rings is 2. The largest absolute Gasteiger partial charge is 0.465 e. The van der Waals surface area contributed by atoms with Crippen LogP contribution in [0.25, 0.3) is 10.9 Å². The highest BCUT2D eigenvalue weighted by Gasteiger charge is 2.21. The van der Waals surface area contributed by atoms with E-state index in [-0.39, 0.29) is 11.2 Å². The first-order valence-corrected chi connectivity index (χ1v) is 8.97. The number of aryl methyl sites for hydroxylation is 1. The molecule has 0 spiro atoms. The Labute approximate surface area is 167 Å². The Morgan fingerprint density at radius 1 is 1.24 bits per heavy atom. The molecule has 0 saturated heterocycles. The van der Waals surface area contributed by atoms with Gasteiger partial charge in [0.05, 0.1) is 10.3 Å². The number of aromatic nitrogens is 1. The van der Waals surface area contributed by atoms with Gasteiger partial charge in [0.1, 0.15) is 11.5 Å². The van der Waals surface area contributed by atoms with E-state index in [1.165, 1.54) is 12.3 Å². The van der Waals surface area contributed by atoms with Crippen LogP contribution in [0.4, 0.5) is 10.5 Å². The molecule has 1 heterocycles. The average molecular weight is 395 g/mol. The summed E-state index contributed by atoms with van der Waals surface area (Å²) in [4.78, 5) is 25.9. The summed E-state index contributed by atoms with van der Waals surface area (Å²) in [5, 5.41) is 23.3. The highest BCUT2D eigenvalue weighted by atomic mass is 16.6. The molecule has 150 valence electrons. The smallest absolute Gasteiger partial charge is 0.405 e. The molecule has 2 aromatic carbocycles. The van der Waals surface area contributed by atoms with E-state index in [2.05, 4.69) is 10.3 Å². The molecule has 1 aromatic heterocycles. The summed E-state index contributed by atoms with van der Waals surface area (Å²) in [5.41, 5.74) is 1.31. The van der Waals surface area contributed by atoms with E-state index in [1.807, 2.05) is 25.1 Å². The quantitative estimate of drug-likeness (QED) is 0.456. The van der Waals surface area contributed by atoms with Crippen LogP contribution in [-0.2, 0) is 6.42 Å². The minimum absolute atomic E-state index is 0.0834. The van der Waals surface area contributed by atoms with Crippen LogP contribution < -0.4 is 10.1 Å². The number of rotatable bonds is 6. The molecule has 0 saturated carbocycles. The number of hydrogen-bond acceptors (Lipinski definition) is 5. The summed E-state index contributed by atoms with van der Waals surface area (Å²) in [6, 6.07) is 12.1. The van der Waals surface area contributed by atoms with E-state index in [9.17, 15) is 14.9 Å². The number of nitrogens with one attached hydrogen (secondary N) is 1. The van der Waals surface area contributed by atoms with E-state index in [4.69, 9.17) is 9.84 Å². The lowest BCUT2D eigenvalue weighted by atomic mass is 9.94. The van der Waals surface area contributed by atoms with Gasteiger partial charge in [-0.2, -0.15) is 0 Å². The second kappa shape index (κ2) is 7.75. The van der Waals surface area contributed by atoms with Gasteiger partial charge >= 0.3 is 6.09 Å². The second-order valence-corrected chi connectivity index (χ2v) is 7.43. The molecule has 0 aliphatic carbocycles. The number of hydrogen-bond donors (Lipinski definition) is 2. The number of amides is 1. The fourth-order valence-electron chi connectivity index (χ4n) is 3.20. The van der Waals surface area contributed by atoms with Gasteiger partial charge in [-0.15, -0.1) is 0 Å². The van der Waals surface area contributed by atoms with Crippen molar-refractivity contribution in [1.82, 2.24) is 10.3 Å². The van der Waals surface area contributed by atoms with Gasteiger partial charge in [0.25, 0.3) is 5.69 Å². The summed E-state index contributed by atoms with van der Waals surface area (Å²) in [5.74, 6) is 1.05. The van der Waals surface area contributed by atoms with Gasteiger partial charge in [-0.05, 0) is 56.5 Å². The predicted octanol–water partition coefficient (Wildman–Crippen LogP) is 4.83. The molecule has 2 N–H and O–H groups in total. The molecule has 29 heavy (non-hydrogen) atoms. The fraction of sp³-hybridized carbons (Fsp3) is 0.238. The number of ether oxygens (including phenoxy) is 1. The Morgan fingerprint density at radius 2 is 2.00 bits per heavy atom. The predicted molar refractivity (Wildman–Crippen MR) is 109 cm³/mol. The van der Waals surface area contributed by atoms with Crippen molar-refractivity contribution in [1.29, 1.82) is 0 Å². The molecule has 0 aliphatic heterocycles. The number of pyridine rings is 1. The third kappa shape index (κ3) is 4.60. The molecule has 0 radical (unpaired) electrons. The Bertz CT molecular complexity index is 1090. The van der Waals surface area contributed by atoms with Gasteiger partial charge < -0.3 is 15.2 Å². The van der Waals surface area contributed by atoms with Gasteiger partial charge in [-0.25, -0.2) is 9.78 Å². The first kappa shape index (κ1) is 20.1. The average Bonchev–Trinajstić information content (AvgIpc) is 2.62. The number of carbonyl (C=O) groups is 1. The van der Waals surface area contributed by atoms with Crippen LogP contribution in [0.5, 0.6) is 11.5 Å². The van der Waals surface area contributed by atoms with Crippen LogP contribution >= 0.6 is 0 Å². The molecule has 0 fully saturated rings. The Kier molecular flexibility index (Phi) is 5.36. The summed E-state index contributed by atoms with van der Waals surface area (Å²) in [7, 11) is 0. The molecule has 3 rings (SSSR count). The molecule has 3 aromatic rings. The molecular formula is C21H21N3O5. The summed E-state index contributed by atoms with van der Waals surface area (Å²) >= 11 is 0. The second-order valence-electron chi connectivity index (χ2n) is 7.43. The molecule has 8 heteroatoms. The van der Waals surface area contributed by atoms with E-state index in [0.717, 1.165) is 11.1 Å². The number of nitrogens with zero attached hydrogens (tertiary/aromatic N) is 2. The zero-order valence-electron chi connectivity index (χ0n) is 16.3. The maximum Gasteiger partial charge on any atom is 0.405 e. The highest BCUT2D eigenvalue weighted by Crippen LogP contribution is 2.34. The molecule has 0 atom stereocenters. The van der Waals surface area contributed by atoms with Crippen LogP contribution in [0.3, 0.4) is 0 Å². The molecule has 0 unspecified atom stereocenters. The van der Waals surface area contributed by atoms with Crippen molar-refractivity contribution in [3.05, 3.63) is 69.9 Å². The number of nitro benzene ring substituents is 1. The Morgan fingerprint density at radius 3 is 2.69 bits per heavy atom. The number of para-hydroxylation sites is 1. The van der Waals surface area contributed by atoms with Gasteiger partial charge in [0.15, 0.2) is 5.52 Å². The molecular weight excluding hydrogens is 374 g/mol. The van der Waals surface area contributed by atoms with Crippen LogP contribution in [-0.4, -0.2) is 26.6 Å². The minimum atomic E-state index is -1.08. The number of carboxylic acid groups (broad SMARTS) is 1. The minimum Gasteiger partial charge on any atom is -0.465 e. The van der Waals surface area contributed by atoms with Crippen LogP contribution in [0.15, 0.2) is 48.7 Å². The maximum atomic E-state index is 11.3. The van der Waals surface area contributed by atoms with Crippen molar-refractivity contribution in [3.8, 4) is 11.5 Å². The van der Waals surface area contributed by atoms with E-state index < -0.39 is 16.6 Å². The third-order valence-electron chi connectivity index (χ3n) is 4.47. The normalized spacial score (nSPS) is 11.3. The van der Waals surface area contributed by atoms with Crippen molar-refractivity contribution in [2.75, 3.05) is 0 Å². The molecule has 8 nitrogen and oxygen atoms in total. The monoisotopic (exact) mass is 395 g/mol. The van der Waals surface area contributed by atoms with Crippen LogP contribution in [0.1, 0.15) is 25.0 Å². The lowest BCUT2D eigenvalue weighted by Gasteiger charge is -2.25. The van der Waals surface area contributed by atoms with Gasteiger partial charge in [-0.3, -0.25) is 10.1 Å². The van der Waals surface area contributed by atoms with E-state index >= 15 is 0 Å². The fourth-order valence-corrected chi connectivity index (χ4v) is 3.20. The van der Waals surface area contributed by atoms with Crippen molar-refractivity contribution in [3.63, 3.8) is 0 Å². The maximum absolute atomic E-state index is 11.3. The van der Waals surface area contributed by atoms with Gasteiger partial charge in [0, 0.05) is 17.8 Å². The Balaban J connectivity index is 1.96. The zero-order valence-corrected chi connectivity index (χ0v) is 16.3. The van der Waals surface area contributed by atoms with Crippen molar-refractivity contribution < 1.29 is 19.6 Å².